The molecule has 0 aliphatic carbocycles. The quantitative estimate of drug-likeness (QED) is 0.944. The predicted octanol–water partition coefficient (Wildman–Crippen LogP) is 2.60. The number of hydrogen-bond acceptors (Lipinski definition) is 3. The number of aromatic amines is 1. The first-order valence-corrected chi connectivity index (χ1v) is 8.06. The highest BCUT2D eigenvalue weighted by molar-refractivity contribution is 5.94. The Labute approximate surface area is 140 Å². The third-order valence-electron chi connectivity index (χ3n) is 4.47. The Morgan fingerprint density at radius 2 is 2.08 bits per heavy atom. The van der Waals surface area contributed by atoms with Crippen LogP contribution in [0.25, 0.3) is 0 Å². The van der Waals surface area contributed by atoms with Crippen molar-refractivity contribution in [1.29, 1.82) is 5.26 Å². The molecule has 1 aromatic heterocycles. The van der Waals surface area contributed by atoms with Crippen LogP contribution in [0.2, 0.25) is 0 Å². The number of likely N-dealkylation sites (tertiary alicyclic amines) is 1. The van der Waals surface area contributed by atoms with Crippen LogP contribution in [-0.2, 0) is 0 Å². The van der Waals surface area contributed by atoms with Gasteiger partial charge in [0, 0.05) is 23.9 Å². The zero-order valence-corrected chi connectivity index (χ0v) is 13.5. The molecular formula is C19H19N3O2. The molecule has 5 nitrogen and oxygen atoms in total. The number of aromatic nitrogens is 1. The largest absolute Gasteiger partial charge is 0.334 e. The van der Waals surface area contributed by atoms with Gasteiger partial charge >= 0.3 is 0 Å². The minimum atomic E-state index is -0.360. The summed E-state index contributed by atoms with van der Waals surface area (Å²) in [6.07, 6.45) is 1.66. The number of amides is 1. The molecule has 0 spiro atoms. The summed E-state index contributed by atoms with van der Waals surface area (Å²) in [4.78, 5) is 28.9. The number of benzene rings is 1. The summed E-state index contributed by atoms with van der Waals surface area (Å²) in [5.74, 6) is -0.538. The number of aryl methyl sites for hydroxylation is 1. The van der Waals surface area contributed by atoms with E-state index in [0.29, 0.717) is 17.8 Å². The van der Waals surface area contributed by atoms with Crippen LogP contribution in [0.1, 0.15) is 40.4 Å². The zero-order chi connectivity index (χ0) is 17.1. The molecule has 0 saturated carbocycles. The van der Waals surface area contributed by atoms with Crippen molar-refractivity contribution in [2.75, 3.05) is 6.54 Å². The highest BCUT2D eigenvalue weighted by atomic mass is 16.2. The minimum Gasteiger partial charge on any atom is -0.334 e. The van der Waals surface area contributed by atoms with Crippen molar-refractivity contribution in [3.05, 3.63) is 69.6 Å². The van der Waals surface area contributed by atoms with Crippen molar-refractivity contribution in [1.82, 2.24) is 9.88 Å². The van der Waals surface area contributed by atoms with Gasteiger partial charge in [-0.05, 0) is 31.4 Å². The second-order valence-corrected chi connectivity index (χ2v) is 6.14. The Kier molecular flexibility index (Phi) is 4.48. The number of pyridine rings is 1. The third-order valence-corrected chi connectivity index (χ3v) is 4.47. The second-order valence-electron chi connectivity index (χ2n) is 6.14. The van der Waals surface area contributed by atoms with Crippen molar-refractivity contribution in [2.45, 2.75) is 31.7 Å². The lowest BCUT2D eigenvalue weighted by atomic mass is 9.91. The van der Waals surface area contributed by atoms with Crippen LogP contribution in [0.3, 0.4) is 0 Å². The monoisotopic (exact) mass is 321 g/mol. The number of carbonyl (C=O) groups is 1. The molecule has 1 amide bonds. The molecule has 24 heavy (non-hydrogen) atoms. The van der Waals surface area contributed by atoms with Crippen molar-refractivity contribution >= 4 is 5.91 Å². The van der Waals surface area contributed by atoms with Crippen LogP contribution >= 0.6 is 0 Å². The lowest BCUT2D eigenvalue weighted by molar-refractivity contribution is 0.0728. The fourth-order valence-corrected chi connectivity index (χ4v) is 3.41. The van der Waals surface area contributed by atoms with Gasteiger partial charge in [0.05, 0.1) is 18.0 Å². The van der Waals surface area contributed by atoms with E-state index < -0.39 is 0 Å². The SMILES string of the molecule is Cc1cc(C(=O)N2CCC[C@H]2[C@H](C#N)c2ccccc2)cc(=O)[nH]1. The predicted molar refractivity (Wildman–Crippen MR) is 90.7 cm³/mol. The lowest BCUT2D eigenvalue weighted by Gasteiger charge is -2.28. The van der Waals surface area contributed by atoms with Crippen LogP contribution in [0.15, 0.2) is 47.3 Å². The molecule has 5 heteroatoms. The Balaban J connectivity index is 1.91. The Hall–Kier alpha value is -2.87. The zero-order valence-electron chi connectivity index (χ0n) is 13.5. The topological polar surface area (TPSA) is 77.0 Å². The molecule has 2 atom stereocenters. The van der Waals surface area contributed by atoms with Gasteiger partial charge in [0.15, 0.2) is 0 Å². The fourth-order valence-electron chi connectivity index (χ4n) is 3.41. The molecule has 0 bridgehead atoms. The molecule has 122 valence electrons. The van der Waals surface area contributed by atoms with Gasteiger partial charge in [-0.15, -0.1) is 0 Å². The van der Waals surface area contributed by atoms with Gasteiger partial charge in [-0.1, -0.05) is 30.3 Å². The molecule has 3 rings (SSSR count). The van der Waals surface area contributed by atoms with E-state index in [1.807, 2.05) is 30.3 Å². The molecule has 1 aliphatic heterocycles. The van der Waals surface area contributed by atoms with Crippen molar-refractivity contribution in [3.8, 4) is 6.07 Å². The first-order valence-electron chi connectivity index (χ1n) is 8.06. The van der Waals surface area contributed by atoms with Gasteiger partial charge in [-0.3, -0.25) is 9.59 Å². The van der Waals surface area contributed by atoms with Crippen LogP contribution < -0.4 is 5.56 Å². The van der Waals surface area contributed by atoms with Crippen molar-refractivity contribution in [2.24, 2.45) is 0 Å². The smallest absolute Gasteiger partial charge is 0.254 e. The summed E-state index contributed by atoms with van der Waals surface area (Å²) < 4.78 is 0. The first kappa shape index (κ1) is 16.0. The van der Waals surface area contributed by atoms with E-state index in [1.165, 1.54) is 6.07 Å². The molecule has 1 aliphatic rings. The molecular weight excluding hydrogens is 302 g/mol. The van der Waals surface area contributed by atoms with E-state index in [9.17, 15) is 14.9 Å². The molecule has 0 radical (unpaired) electrons. The number of nitriles is 1. The van der Waals surface area contributed by atoms with E-state index in [0.717, 1.165) is 18.4 Å². The van der Waals surface area contributed by atoms with Gasteiger partial charge in [0.2, 0.25) is 5.56 Å². The maximum Gasteiger partial charge on any atom is 0.254 e. The standard InChI is InChI=1S/C19H19N3O2/c1-13-10-15(11-18(23)21-13)19(24)22-9-5-8-17(22)16(12-20)14-6-3-2-4-7-14/h2-4,6-7,10-11,16-17H,5,8-9H2,1H3,(H,21,23)/t16-,17+/m1/s1. The molecule has 1 aromatic carbocycles. The summed E-state index contributed by atoms with van der Waals surface area (Å²) in [6, 6.07) is 14.8. The normalized spacial score (nSPS) is 18.2. The van der Waals surface area contributed by atoms with Gasteiger partial charge in [-0.25, -0.2) is 0 Å². The highest BCUT2D eigenvalue weighted by Gasteiger charge is 2.36. The summed E-state index contributed by atoms with van der Waals surface area (Å²) in [5.41, 5.74) is 1.68. The summed E-state index contributed by atoms with van der Waals surface area (Å²) in [6.45, 7) is 2.36. The minimum absolute atomic E-state index is 0.163. The number of carbonyl (C=O) groups excluding carboxylic acids is 1. The number of H-pyrrole nitrogens is 1. The maximum absolute atomic E-state index is 12.9. The van der Waals surface area contributed by atoms with E-state index in [4.69, 9.17) is 0 Å². The summed E-state index contributed by atoms with van der Waals surface area (Å²) in [5, 5.41) is 9.66. The van der Waals surface area contributed by atoms with E-state index in [-0.39, 0.29) is 23.4 Å². The number of nitrogens with zero attached hydrogens (tertiary/aromatic N) is 2. The Morgan fingerprint density at radius 3 is 2.75 bits per heavy atom. The molecule has 0 unspecified atom stereocenters. The lowest BCUT2D eigenvalue weighted by Crippen LogP contribution is -2.39. The molecule has 1 saturated heterocycles. The highest BCUT2D eigenvalue weighted by Crippen LogP contribution is 2.31. The van der Waals surface area contributed by atoms with Gasteiger partial charge < -0.3 is 9.88 Å². The van der Waals surface area contributed by atoms with Gasteiger partial charge in [-0.2, -0.15) is 5.26 Å². The molecule has 2 aromatic rings. The van der Waals surface area contributed by atoms with E-state index in [1.54, 1.807) is 17.9 Å². The summed E-state index contributed by atoms with van der Waals surface area (Å²) >= 11 is 0. The van der Waals surface area contributed by atoms with Crippen molar-refractivity contribution < 1.29 is 4.79 Å². The average Bonchev–Trinajstić information content (AvgIpc) is 3.04. The first-order chi connectivity index (χ1) is 11.6. The van der Waals surface area contributed by atoms with Gasteiger partial charge in [0.1, 0.15) is 0 Å². The summed E-state index contributed by atoms with van der Waals surface area (Å²) in [7, 11) is 0. The Bertz CT molecular complexity index is 836. The number of rotatable bonds is 3. The van der Waals surface area contributed by atoms with Crippen LogP contribution in [0.5, 0.6) is 0 Å². The number of hydrogen-bond donors (Lipinski definition) is 1. The van der Waals surface area contributed by atoms with Crippen LogP contribution in [0, 0.1) is 18.3 Å². The third kappa shape index (κ3) is 3.09. The van der Waals surface area contributed by atoms with Crippen LogP contribution in [0.4, 0.5) is 0 Å². The Morgan fingerprint density at radius 1 is 1.33 bits per heavy atom. The van der Waals surface area contributed by atoms with Crippen LogP contribution in [-0.4, -0.2) is 28.4 Å². The fraction of sp³-hybridized carbons (Fsp3) is 0.316. The van der Waals surface area contributed by atoms with E-state index in [2.05, 4.69) is 11.1 Å². The van der Waals surface area contributed by atoms with Crippen molar-refractivity contribution in [3.63, 3.8) is 0 Å². The maximum atomic E-state index is 12.9. The average molecular weight is 321 g/mol. The molecule has 1 fully saturated rings. The molecule has 1 N–H and O–H groups in total. The van der Waals surface area contributed by atoms with Gasteiger partial charge in [0.25, 0.3) is 5.91 Å². The van der Waals surface area contributed by atoms with E-state index >= 15 is 0 Å². The second kappa shape index (κ2) is 6.71. The molecule has 2 heterocycles. The number of nitrogens with one attached hydrogen (secondary N) is 1.